The molecule has 1 saturated heterocycles. The Hall–Kier alpha value is -2.98. The van der Waals surface area contributed by atoms with Crippen molar-refractivity contribution in [3.05, 3.63) is 29.8 Å². The molecule has 1 aromatic heterocycles. The molecule has 11 heteroatoms. The minimum absolute atomic E-state index is 0.0262. The van der Waals surface area contributed by atoms with E-state index in [1.54, 1.807) is 0 Å². The van der Waals surface area contributed by atoms with Gasteiger partial charge in [0.25, 0.3) is 0 Å². The number of nitrogens with zero attached hydrogens (tertiary/aromatic N) is 5. The minimum Gasteiger partial charge on any atom is -0.329 e. The summed E-state index contributed by atoms with van der Waals surface area (Å²) < 4.78 is 38.2. The summed E-state index contributed by atoms with van der Waals surface area (Å²) in [7, 11) is 0. The lowest BCUT2D eigenvalue weighted by molar-refractivity contribution is -0.137. The monoisotopic (exact) mass is 340 g/mol. The normalized spacial score (nSPS) is 15.0. The molecule has 1 aliphatic heterocycles. The molecule has 2 aromatic rings. The van der Waals surface area contributed by atoms with Crippen LogP contribution in [0, 0.1) is 0 Å². The van der Waals surface area contributed by atoms with E-state index in [1.165, 1.54) is 12.1 Å². The highest BCUT2D eigenvalue weighted by Gasteiger charge is 2.31. The van der Waals surface area contributed by atoms with Crippen molar-refractivity contribution in [1.29, 1.82) is 0 Å². The van der Waals surface area contributed by atoms with Crippen LogP contribution in [0.25, 0.3) is 11.4 Å². The van der Waals surface area contributed by atoms with Gasteiger partial charge in [-0.05, 0) is 17.3 Å². The number of alkyl halides is 3. The van der Waals surface area contributed by atoms with Gasteiger partial charge in [0.05, 0.1) is 25.2 Å². The zero-order valence-electron chi connectivity index (χ0n) is 12.1. The number of hydrogen-bond donors (Lipinski definition) is 1. The van der Waals surface area contributed by atoms with Crippen molar-refractivity contribution in [2.24, 2.45) is 0 Å². The van der Waals surface area contributed by atoms with Crippen molar-refractivity contribution in [2.45, 2.75) is 12.7 Å². The first-order valence-corrected chi connectivity index (χ1v) is 6.88. The number of carbonyl (C=O) groups is 2. The van der Waals surface area contributed by atoms with Gasteiger partial charge in [0, 0.05) is 5.56 Å². The molecule has 1 N–H and O–H groups in total. The van der Waals surface area contributed by atoms with Gasteiger partial charge in [0.15, 0.2) is 0 Å². The van der Waals surface area contributed by atoms with Gasteiger partial charge in [-0.2, -0.15) is 18.0 Å². The zero-order chi connectivity index (χ0) is 17.3. The largest absolute Gasteiger partial charge is 0.416 e. The Bertz CT molecular complexity index is 772. The van der Waals surface area contributed by atoms with Crippen LogP contribution in [0.2, 0.25) is 0 Å². The predicted molar refractivity (Wildman–Crippen MR) is 73.4 cm³/mol. The van der Waals surface area contributed by atoms with Crippen LogP contribution in [0.3, 0.4) is 0 Å². The van der Waals surface area contributed by atoms with Crippen molar-refractivity contribution in [3.63, 3.8) is 0 Å². The quantitative estimate of drug-likeness (QED) is 0.835. The van der Waals surface area contributed by atoms with E-state index in [1.807, 2.05) is 0 Å². The lowest BCUT2D eigenvalue weighted by Gasteiger charge is -2.10. The molecular formula is C13H11F3N6O2. The standard InChI is InChI=1S/C13H11F3N6O2/c14-13(15,16)9-3-1-2-8(6-9)11-18-20-22(19-11)5-4-21-10(23)7-17-12(21)24/h1-3,6H,4-5,7H2,(H,17,24). The number of halogens is 3. The number of urea groups is 1. The minimum atomic E-state index is -4.46. The number of nitrogens with one attached hydrogen (secondary N) is 1. The number of benzene rings is 1. The highest BCUT2D eigenvalue weighted by molar-refractivity contribution is 6.01. The van der Waals surface area contributed by atoms with Crippen molar-refractivity contribution >= 4 is 11.9 Å². The van der Waals surface area contributed by atoms with Crippen LogP contribution >= 0.6 is 0 Å². The molecule has 0 radical (unpaired) electrons. The van der Waals surface area contributed by atoms with Crippen molar-refractivity contribution in [2.75, 3.05) is 13.1 Å². The molecule has 0 spiro atoms. The molecule has 3 amide bonds. The van der Waals surface area contributed by atoms with Crippen LogP contribution in [0.15, 0.2) is 24.3 Å². The van der Waals surface area contributed by atoms with Gasteiger partial charge in [-0.15, -0.1) is 10.2 Å². The second kappa shape index (κ2) is 5.91. The number of hydrogen-bond acceptors (Lipinski definition) is 5. The Morgan fingerprint density at radius 1 is 1.21 bits per heavy atom. The summed E-state index contributed by atoms with van der Waals surface area (Å²) in [6.45, 7) is 0.0767. The fourth-order valence-corrected chi connectivity index (χ4v) is 2.16. The maximum absolute atomic E-state index is 12.7. The van der Waals surface area contributed by atoms with E-state index in [0.29, 0.717) is 0 Å². The SMILES string of the molecule is O=C1CNC(=O)N1CCn1nnc(-c2cccc(C(F)(F)F)c2)n1. The molecule has 1 fully saturated rings. The van der Waals surface area contributed by atoms with Crippen LogP contribution in [-0.2, 0) is 17.5 Å². The molecule has 0 aliphatic carbocycles. The summed E-state index contributed by atoms with van der Waals surface area (Å²) >= 11 is 0. The van der Waals surface area contributed by atoms with Crippen LogP contribution in [0.5, 0.6) is 0 Å². The van der Waals surface area contributed by atoms with Gasteiger partial charge >= 0.3 is 12.2 Å². The molecule has 0 atom stereocenters. The average molecular weight is 340 g/mol. The average Bonchev–Trinajstić information content (AvgIpc) is 3.12. The number of rotatable bonds is 4. The molecule has 2 heterocycles. The highest BCUT2D eigenvalue weighted by Crippen LogP contribution is 2.31. The van der Waals surface area contributed by atoms with Gasteiger partial charge in [-0.1, -0.05) is 12.1 Å². The van der Waals surface area contributed by atoms with E-state index in [2.05, 4.69) is 20.7 Å². The zero-order valence-corrected chi connectivity index (χ0v) is 12.1. The smallest absolute Gasteiger partial charge is 0.329 e. The molecule has 1 aliphatic rings. The molecule has 126 valence electrons. The van der Waals surface area contributed by atoms with E-state index in [-0.39, 0.29) is 36.9 Å². The Morgan fingerprint density at radius 3 is 2.67 bits per heavy atom. The molecule has 3 rings (SSSR count). The van der Waals surface area contributed by atoms with E-state index in [4.69, 9.17) is 0 Å². The Labute approximate surface area is 133 Å². The van der Waals surface area contributed by atoms with Crippen molar-refractivity contribution < 1.29 is 22.8 Å². The van der Waals surface area contributed by atoms with E-state index < -0.39 is 17.8 Å². The molecule has 24 heavy (non-hydrogen) atoms. The molecule has 0 bridgehead atoms. The molecule has 1 aromatic carbocycles. The Kier molecular flexibility index (Phi) is 3.91. The summed E-state index contributed by atoms with van der Waals surface area (Å²) in [5.41, 5.74) is -0.637. The second-order valence-electron chi connectivity index (χ2n) is 4.99. The fraction of sp³-hybridized carbons (Fsp3) is 0.308. The van der Waals surface area contributed by atoms with Gasteiger partial charge < -0.3 is 5.32 Å². The summed E-state index contributed by atoms with van der Waals surface area (Å²) in [5.74, 6) is -0.337. The Morgan fingerprint density at radius 2 is 2.00 bits per heavy atom. The number of amides is 3. The maximum Gasteiger partial charge on any atom is 0.416 e. The van der Waals surface area contributed by atoms with Crippen LogP contribution < -0.4 is 5.32 Å². The van der Waals surface area contributed by atoms with Gasteiger partial charge in [-0.3, -0.25) is 9.69 Å². The van der Waals surface area contributed by atoms with Gasteiger partial charge in [0.2, 0.25) is 11.7 Å². The third kappa shape index (κ3) is 3.19. The third-order valence-electron chi connectivity index (χ3n) is 3.36. The fourth-order valence-electron chi connectivity index (χ4n) is 2.16. The first kappa shape index (κ1) is 15.9. The summed E-state index contributed by atoms with van der Waals surface area (Å²) in [5, 5.41) is 13.8. The molecule has 0 saturated carbocycles. The summed E-state index contributed by atoms with van der Waals surface area (Å²) in [6, 6.07) is 4.07. The topological polar surface area (TPSA) is 93.0 Å². The molecular weight excluding hydrogens is 329 g/mol. The highest BCUT2D eigenvalue weighted by atomic mass is 19.4. The number of aromatic nitrogens is 4. The number of tetrazole rings is 1. The van der Waals surface area contributed by atoms with E-state index in [9.17, 15) is 22.8 Å². The first-order valence-electron chi connectivity index (χ1n) is 6.88. The number of carbonyl (C=O) groups excluding carboxylic acids is 2. The third-order valence-corrected chi connectivity index (χ3v) is 3.36. The predicted octanol–water partition coefficient (Wildman–Crippen LogP) is 0.911. The van der Waals surface area contributed by atoms with Crippen LogP contribution in [0.1, 0.15) is 5.56 Å². The van der Waals surface area contributed by atoms with Crippen molar-refractivity contribution in [1.82, 2.24) is 30.4 Å². The van der Waals surface area contributed by atoms with Crippen LogP contribution in [-0.4, -0.2) is 50.1 Å². The summed E-state index contributed by atoms with van der Waals surface area (Å²) in [4.78, 5) is 24.9. The van der Waals surface area contributed by atoms with Gasteiger partial charge in [-0.25, -0.2) is 4.79 Å². The van der Waals surface area contributed by atoms with Gasteiger partial charge in [0.1, 0.15) is 0 Å². The Balaban J connectivity index is 1.72. The number of imide groups is 1. The first-order chi connectivity index (χ1) is 11.3. The maximum atomic E-state index is 12.7. The van der Waals surface area contributed by atoms with E-state index in [0.717, 1.165) is 21.8 Å². The molecule has 0 unspecified atom stereocenters. The van der Waals surface area contributed by atoms with Crippen molar-refractivity contribution in [3.8, 4) is 11.4 Å². The second-order valence-corrected chi connectivity index (χ2v) is 4.99. The molecule has 8 nitrogen and oxygen atoms in total. The summed E-state index contributed by atoms with van der Waals surface area (Å²) in [6.07, 6.45) is -4.46. The van der Waals surface area contributed by atoms with Crippen LogP contribution in [0.4, 0.5) is 18.0 Å². The lowest BCUT2D eigenvalue weighted by atomic mass is 10.1. The lowest BCUT2D eigenvalue weighted by Crippen LogP contribution is -2.34. The van der Waals surface area contributed by atoms with E-state index >= 15 is 0 Å².